The molecule has 1 saturated heterocycles. The number of nitrogens with two attached hydrogens (primary N) is 2. The molecule has 4 rings (SSSR count). The fourth-order valence-electron chi connectivity index (χ4n) is 3.45. The molecule has 0 radical (unpaired) electrons. The molecule has 1 aliphatic rings. The van der Waals surface area contributed by atoms with Crippen LogP contribution in [0.3, 0.4) is 0 Å². The average molecular weight is 433 g/mol. The first-order chi connectivity index (χ1) is 14.2. The van der Waals surface area contributed by atoms with E-state index in [9.17, 15) is 8.42 Å². The number of rotatable bonds is 5. The Morgan fingerprint density at radius 3 is 2.87 bits per heavy atom. The van der Waals surface area contributed by atoms with Crippen molar-refractivity contribution in [1.82, 2.24) is 24.9 Å². The second-order valence-electron chi connectivity index (χ2n) is 7.42. The largest absolute Gasteiger partial charge is 0.382 e. The maximum Gasteiger partial charge on any atom is 0.222 e. The second kappa shape index (κ2) is 7.70. The molecule has 160 valence electrons. The number of nitrogens with one attached hydrogen (secondary N) is 2. The van der Waals surface area contributed by atoms with E-state index in [1.54, 1.807) is 0 Å². The van der Waals surface area contributed by atoms with E-state index in [4.69, 9.17) is 16.2 Å². The highest BCUT2D eigenvalue weighted by atomic mass is 32.2. The van der Waals surface area contributed by atoms with Gasteiger partial charge in [0.2, 0.25) is 16.0 Å². The van der Waals surface area contributed by atoms with Crippen molar-refractivity contribution in [3.63, 3.8) is 0 Å². The molecule has 3 heterocycles. The molecule has 2 atom stereocenters. The Morgan fingerprint density at radius 1 is 1.30 bits per heavy atom. The van der Waals surface area contributed by atoms with E-state index in [1.165, 1.54) is 0 Å². The van der Waals surface area contributed by atoms with E-state index in [2.05, 4.69) is 24.9 Å². The number of fused-ring (bicyclic) bond motifs is 1. The lowest BCUT2D eigenvalue weighted by Gasteiger charge is -2.39. The predicted molar refractivity (Wildman–Crippen MR) is 115 cm³/mol. The number of hydrogen-bond acceptors (Lipinski definition) is 9. The summed E-state index contributed by atoms with van der Waals surface area (Å²) in [5, 5.41) is 7.75. The van der Waals surface area contributed by atoms with Crippen LogP contribution in [-0.2, 0) is 14.8 Å². The molecule has 12 heteroatoms. The Hall–Kier alpha value is -2.96. The van der Waals surface area contributed by atoms with Gasteiger partial charge in [0.1, 0.15) is 5.82 Å². The summed E-state index contributed by atoms with van der Waals surface area (Å²) in [4.78, 5) is 10.8. The van der Waals surface area contributed by atoms with Crippen LogP contribution in [0.2, 0.25) is 0 Å². The van der Waals surface area contributed by atoms with Crippen LogP contribution in [-0.4, -0.2) is 66.7 Å². The fraction of sp³-hybridized carbons (Fsp3) is 0.389. The van der Waals surface area contributed by atoms with Gasteiger partial charge in [-0.05, 0) is 19.1 Å². The molecule has 6 N–H and O–H groups in total. The topological polar surface area (TPSA) is 165 Å². The minimum atomic E-state index is -3.30. The number of aromatic amines is 1. The van der Waals surface area contributed by atoms with Gasteiger partial charge in [0.15, 0.2) is 5.82 Å². The smallest absolute Gasteiger partial charge is 0.222 e. The van der Waals surface area contributed by atoms with Gasteiger partial charge in [-0.3, -0.25) is 5.10 Å². The zero-order valence-corrected chi connectivity index (χ0v) is 17.5. The van der Waals surface area contributed by atoms with Gasteiger partial charge in [-0.15, -0.1) is 0 Å². The van der Waals surface area contributed by atoms with Gasteiger partial charge in [0.05, 0.1) is 36.2 Å². The highest BCUT2D eigenvalue weighted by Crippen LogP contribution is 2.28. The molecule has 1 aromatic carbocycles. The zero-order chi connectivity index (χ0) is 21.5. The lowest BCUT2D eigenvalue weighted by Crippen LogP contribution is -2.52. The van der Waals surface area contributed by atoms with Crippen molar-refractivity contribution in [3.05, 3.63) is 24.3 Å². The Morgan fingerprint density at radius 2 is 2.10 bits per heavy atom. The summed E-state index contributed by atoms with van der Waals surface area (Å²) < 4.78 is 31.1. The lowest BCUT2D eigenvalue weighted by atomic mass is 10.1. The molecular formula is C18H24N8O3S. The zero-order valence-electron chi connectivity index (χ0n) is 16.7. The number of morpholine rings is 1. The number of ether oxygens (including phenoxy) is 1. The van der Waals surface area contributed by atoms with Gasteiger partial charge < -0.3 is 21.1 Å². The Labute approximate surface area is 173 Å². The monoisotopic (exact) mass is 432 g/mol. The van der Waals surface area contributed by atoms with Crippen molar-refractivity contribution in [2.75, 3.05) is 42.3 Å². The summed E-state index contributed by atoms with van der Waals surface area (Å²) in [7, 11) is -3.30. The van der Waals surface area contributed by atoms with Crippen LogP contribution in [0.5, 0.6) is 0 Å². The molecule has 2 aromatic heterocycles. The third kappa shape index (κ3) is 4.30. The van der Waals surface area contributed by atoms with Crippen LogP contribution in [0.25, 0.3) is 22.2 Å². The number of nitrogens with zero attached hydrogens (tertiary/aromatic N) is 4. The van der Waals surface area contributed by atoms with E-state index in [-0.39, 0.29) is 24.6 Å². The van der Waals surface area contributed by atoms with Gasteiger partial charge in [0.25, 0.3) is 0 Å². The van der Waals surface area contributed by atoms with Crippen molar-refractivity contribution in [3.8, 4) is 11.3 Å². The third-order valence-electron chi connectivity index (χ3n) is 4.99. The first-order valence-corrected chi connectivity index (χ1v) is 11.3. The van der Waals surface area contributed by atoms with Gasteiger partial charge in [-0.1, -0.05) is 6.07 Å². The molecular weight excluding hydrogens is 408 g/mol. The normalized spacial score (nSPS) is 20.0. The number of H-pyrrole nitrogens is 1. The second-order valence-corrected chi connectivity index (χ2v) is 9.25. The summed E-state index contributed by atoms with van der Waals surface area (Å²) in [6, 6.07) is 7.59. The van der Waals surface area contributed by atoms with Crippen LogP contribution in [0, 0.1) is 0 Å². The highest BCUT2D eigenvalue weighted by Gasteiger charge is 2.28. The van der Waals surface area contributed by atoms with Crippen LogP contribution >= 0.6 is 0 Å². The van der Waals surface area contributed by atoms with E-state index >= 15 is 0 Å². The highest BCUT2D eigenvalue weighted by molar-refractivity contribution is 7.88. The maximum absolute atomic E-state index is 11.4. The van der Waals surface area contributed by atoms with E-state index in [1.807, 2.05) is 36.1 Å². The minimum Gasteiger partial charge on any atom is -0.382 e. The van der Waals surface area contributed by atoms with E-state index in [0.29, 0.717) is 30.5 Å². The molecule has 11 nitrogen and oxygen atoms in total. The Balaban J connectivity index is 1.62. The number of sulfonamides is 1. The van der Waals surface area contributed by atoms with Gasteiger partial charge >= 0.3 is 0 Å². The molecule has 0 amide bonds. The molecule has 1 aliphatic heterocycles. The third-order valence-corrected chi connectivity index (χ3v) is 5.68. The van der Waals surface area contributed by atoms with Gasteiger partial charge in [0, 0.05) is 30.1 Å². The Bertz CT molecular complexity index is 1180. The molecule has 0 bridgehead atoms. The van der Waals surface area contributed by atoms with Crippen molar-refractivity contribution in [1.29, 1.82) is 0 Å². The van der Waals surface area contributed by atoms with Crippen molar-refractivity contribution >= 4 is 38.5 Å². The molecule has 0 spiro atoms. The lowest BCUT2D eigenvalue weighted by molar-refractivity contribution is 0.0259. The summed E-state index contributed by atoms with van der Waals surface area (Å²) in [6.45, 7) is 3.11. The summed E-state index contributed by atoms with van der Waals surface area (Å²) in [6.07, 6.45) is 0.817. The Kier molecular flexibility index (Phi) is 5.22. The minimum absolute atomic E-state index is 0.0384. The van der Waals surface area contributed by atoms with Crippen LogP contribution in [0.4, 0.5) is 17.6 Å². The first kappa shape index (κ1) is 20.3. The number of benzene rings is 1. The summed E-state index contributed by atoms with van der Waals surface area (Å²) >= 11 is 0. The molecule has 3 aromatic rings. The van der Waals surface area contributed by atoms with Gasteiger partial charge in [-0.25, -0.2) is 18.1 Å². The summed E-state index contributed by atoms with van der Waals surface area (Å²) in [5.41, 5.74) is 14.2. The molecule has 1 fully saturated rings. The molecule has 0 aliphatic carbocycles. The van der Waals surface area contributed by atoms with E-state index in [0.717, 1.165) is 22.7 Å². The standard InChI is InChI=1S/C18H24N8O3S/c1-10-9-29-12(7-21-30(2,27)28)8-26(10)16-6-14(22-18(20)23-16)11-3-4-13-15(5-11)24-25-17(13)19/h3-6,10,12,21H,7-9H2,1-2H3,(H3,19,24,25)(H2,20,22,23). The van der Waals surface area contributed by atoms with Crippen molar-refractivity contribution in [2.24, 2.45) is 0 Å². The first-order valence-electron chi connectivity index (χ1n) is 9.41. The number of anilines is 3. The molecule has 2 unspecified atom stereocenters. The maximum atomic E-state index is 11.4. The quantitative estimate of drug-likeness (QED) is 0.444. The van der Waals surface area contributed by atoms with Crippen molar-refractivity contribution in [2.45, 2.75) is 19.1 Å². The number of hydrogen-bond donors (Lipinski definition) is 4. The van der Waals surface area contributed by atoms with Gasteiger partial charge in [-0.2, -0.15) is 10.1 Å². The number of nitrogen functional groups attached to an aromatic ring is 2. The van der Waals surface area contributed by atoms with Crippen molar-refractivity contribution < 1.29 is 13.2 Å². The predicted octanol–water partition coefficient (Wildman–Crippen LogP) is 0.327. The summed E-state index contributed by atoms with van der Waals surface area (Å²) in [5.74, 6) is 1.24. The van der Waals surface area contributed by atoms with E-state index < -0.39 is 10.0 Å². The molecule has 30 heavy (non-hydrogen) atoms. The van der Waals surface area contributed by atoms with Crippen LogP contribution in [0.1, 0.15) is 6.92 Å². The molecule has 0 saturated carbocycles. The fourth-order valence-corrected chi connectivity index (χ4v) is 3.94. The van der Waals surface area contributed by atoms with Crippen LogP contribution in [0.15, 0.2) is 24.3 Å². The number of aromatic nitrogens is 4. The van der Waals surface area contributed by atoms with Crippen LogP contribution < -0.4 is 21.1 Å². The SMILES string of the molecule is CC1COC(CNS(C)(=O)=O)CN1c1cc(-c2ccc3c(N)n[nH]c3c2)nc(N)n1. The average Bonchev–Trinajstić information content (AvgIpc) is 3.06.